The first kappa shape index (κ1) is 25.3. The number of carbonyl (C=O) groups is 2. The summed E-state index contributed by atoms with van der Waals surface area (Å²) in [6, 6.07) is 4.45. The highest BCUT2D eigenvalue weighted by atomic mass is 32.2. The molecule has 0 spiro atoms. The van der Waals surface area contributed by atoms with Crippen LogP contribution in [0.25, 0.3) is 0 Å². The zero-order chi connectivity index (χ0) is 23.7. The molecule has 0 bridgehead atoms. The number of piperidine rings is 1. The molecule has 1 aromatic rings. The van der Waals surface area contributed by atoms with Crippen molar-refractivity contribution in [3.63, 3.8) is 0 Å². The number of ether oxygens (including phenoxy) is 2. The van der Waals surface area contributed by atoms with Gasteiger partial charge in [0.25, 0.3) is 11.8 Å². The number of benzene rings is 1. The summed E-state index contributed by atoms with van der Waals surface area (Å²) in [6.07, 6.45) is 7.78. The van der Waals surface area contributed by atoms with Crippen molar-refractivity contribution in [2.75, 3.05) is 39.4 Å². The first-order valence-corrected chi connectivity index (χ1v) is 13.3. The molecule has 0 radical (unpaired) electrons. The molecule has 33 heavy (non-hydrogen) atoms. The van der Waals surface area contributed by atoms with Crippen molar-refractivity contribution in [1.29, 1.82) is 0 Å². The standard InChI is InChI=1S/C23H35N3O6S/c1-2-31-21-17-19(11-12-20(21)32-18-22(27)25-13-7-6-8-14-25)23(28)24-33(29,30)26-15-9-4-3-5-10-16-26/h11-12,17H,2-10,13-16,18H2,1H3,(H,24,28). The van der Waals surface area contributed by atoms with Gasteiger partial charge in [-0.05, 0) is 57.2 Å². The van der Waals surface area contributed by atoms with Crippen LogP contribution in [-0.4, -0.2) is 68.8 Å². The minimum absolute atomic E-state index is 0.0849. The Balaban J connectivity index is 1.65. The number of likely N-dealkylation sites (tertiary alicyclic amines) is 1. The SMILES string of the molecule is CCOc1cc(C(=O)NS(=O)(=O)N2CCCCCCC2)ccc1OCC(=O)N1CCCCC1. The molecule has 0 atom stereocenters. The summed E-state index contributed by atoms with van der Waals surface area (Å²) >= 11 is 0. The smallest absolute Gasteiger partial charge is 0.304 e. The number of amides is 2. The first-order chi connectivity index (χ1) is 15.9. The molecule has 10 heteroatoms. The fraction of sp³-hybridized carbons (Fsp3) is 0.652. The van der Waals surface area contributed by atoms with Crippen LogP contribution in [0.4, 0.5) is 0 Å². The van der Waals surface area contributed by atoms with Crippen molar-refractivity contribution in [3.8, 4) is 11.5 Å². The van der Waals surface area contributed by atoms with Gasteiger partial charge in [-0.2, -0.15) is 12.7 Å². The molecule has 1 N–H and O–H groups in total. The highest BCUT2D eigenvalue weighted by Gasteiger charge is 2.26. The van der Waals surface area contributed by atoms with E-state index in [2.05, 4.69) is 4.72 Å². The number of nitrogens with zero attached hydrogens (tertiary/aromatic N) is 2. The van der Waals surface area contributed by atoms with E-state index in [4.69, 9.17) is 9.47 Å². The molecule has 0 saturated carbocycles. The molecular weight excluding hydrogens is 446 g/mol. The normalized spacial score (nSPS) is 18.2. The summed E-state index contributed by atoms with van der Waals surface area (Å²) in [4.78, 5) is 26.9. The third-order valence-electron chi connectivity index (χ3n) is 5.94. The minimum Gasteiger partial charge on any atom is -0.490 e. The molecule has 0 aliphatic carbocycles. The summed E-state index contributed by atoms with van der Waals surface area (Å²) in [7, 11) is -3.93. The van der Waals surface area contributed by atoms with Crippen molar-refractivity contribution in [3.05, 3.63) is 23.8 Å². The molecule has 184 valence electrons. The second-order valence-electron chi connectivity index (χ2n) is 8.43. The molecule has 2 amide bonds. The number of nitrogens with one attached hydrogen (secondary N) is 1. The van der Waals surface area contributed by atoms with E-state index in [1.54, 1.807) is 11.8 Å². The maximum absolute atomic E-state index is 12.7. The average molecular weight is 482 g/mol. The van der Waals surface area contributed by atoms with E-state index in [-0.39, 0.29) is 18.1 Å². The van der Waals surface area contributed by atoms with Crippen molar-refractivity contribution < 1.29 is 27.5 Å². The summed E-state index contributed by atoms with van der Waals surface area (Å²) in [6.45, 7) is 4.30. The lowest BCUT2D eigenvalue weighted by atomic mass is 10.1. The van der Waals surface area contributed by atoms with Gasteiger partial charge in [-0.1, -0.05) is 19.3 Å². The Kier molecular flexibility index (Phi) is 9.37. The lowest BCUT2D eigenvalue weighted by Crippen LogP contribution is -2.44. The quantitative estimate of drug-likeness (QED) is 0.612. The van der Waals surface area contributed by atoms with E-state index in [0.29, 0.717) is 31.2 Å². The molecule has 2 aliphatic heterocycles. The Bertz CT molecular complexity index is 907. The van der Waals surface area contributed by atoms with Gasteiger partial charge in [0.15, 0.2) is 18.1 Å². The molecule has 2 saturated heterocycles. The van der Waals surface area contributed by atoms with Crippen LogP contribution in [0, 0.1) is 0 Å². The fourth-order valence-corrected chi connectivity index (χ4v) is 5.33. The van der Waals surface area contributed by atoms with E-state index < -0.39 is 16.1 Å². The molecular formula is C23H35N3O6S. The molecule has 2 aliphatic rings. The highest BCUT2D eigenvalue weighted by molar-refractivity contribution is 7.87. The lowest BCUT2D eigenvalue weighted by Gasteiger charge is -2.26. The lowest BCUT2D eigenvalue weighted by molar-refractivity contribution is -0.134. The largest absolute Gasteiger partial charge is 0.490 e. The molecule has 9 nitrogen and oxygen atoms in total. The van der Waals surface area contributed by atoms with Crippen molar-refractivity contribution >= 4 is 22.0 Å². The van der Waals surface area contributed by atoms with Crippen LogP contribution in [0.3, 0.4) is 0 Å². The Morgan fingerprint density at radius 3 is 2.15 bits per heavy atom. The molecule has 0 unspecified atom stereocenters. The van der Waals surface area contributed by atoms with Crippen LogP contribution in [0.5, 0.6) is 11.5 Å². The van der Waals surface area contributed by atoms with Gasteiger partial charge in [0.2, 0.25) is 0 Å². The highest BCUT2D eigenvalue weighted by Crippen LogP contribution is 2.29. The summed E-state index contributed by atoms with van der Waals surface area (Å²) in [5.74, 6) is -0.182. The minimum atomic E-state index is -3.93. The molecule has 0 aromatic heterocycles. The van der Waals surface area contributed by atoms with Gasteiger partial charge in [0.05, 0.1) is 6.61 Å². The van der Waals surface area contributed by atoms with Crippen molar-refractivity contribution in [1.82, 2.24) is 13.9 Å². The number of hydrogen-bond donors (Lipinski definition) is 1. The average Bonchev–Trinajstić information content (AvgIpc) is 2.78. The first-order valence-electron chi connectivity index (χ1n) is 11.9. The number of hydrogen-bond acceptors (Lipinski definition) is 6. The van der Waals surface area contributed by atoms with Crippen LogP contribution in [-0.2, 0) is 15.0 Å². The Morgan fingerprint density at radius 2 is 1.48 bits per heavy atom. The Morgan fingerprint density at radius 1 is 0.879 bits per heavy atom. The molecule has 2 fully saturated rings. The van der Waals surface area contributed by atoms with Crippen LogP contribution in [0.1, 0.15) is 68.6 Å². The predicted molar refractivity (Wildman–Crippen MR) is 125 cm³/mol. The Hall–Kier alpha value is -2.33. The number of rotatable bonds is 8. The summed E-state index contributed by atoms with van der Waals surface area (Å²) in [5.41, 5.74) is 0.142. The van der Waals surface area contributed by atoms with Crippen LogP contribution in [0.2, 0.25) is 0 Å². The summed E-state index contributed by atoms with van der Waals surface area (Å²) in [5, 5.41) is 0. The van der Waals surface area contributed by atoms with E-state index in [0.717, 1.165) is 64.5 Å². The van der Waals surface area contributed by atoms with Crippen LogP contribution >= 0.6 is 0 Å². The van der Waals surface area contributed by atoms with Gasteiger partial charge >= 0.3 is 10.2 Å². The third kappa shape index (κ3) is 7.33. The van der Waals surface area contributed by atoms with Gasteiger partial charge in [-0.15, -0.1) is 0 Å². The van der Waals surface area contributed by atoms with Gasteiger partial charge in [-0.25, -0.2) is 4.72 Å². The summed E-state index contributed by atoms with van der Waals surface area (Å²) < 4.78 is 40.3. The van der Waals surface area contributed by atoms with E-state index in [9.17, 15) is 18.0 Å². The maximum atomic E-state index is 12.7. The second-order valence-corrected chi connectivity index (χ2v) is 10.1. The fourth-order valence-electron chi connectivity index (χ4n) is 4.11. The number of carbonyl (C=O) groups excluding carboxylic acids is 2. The zero-order valence-electron chi connectivity index (χ0n) is 19.4. The van der Waals surface area contributed by atoms with Crippen LogP contribution < -0.4 is 14.2 Å². The molecule has 1 aromatic carbocycles. The monoisotopic (exact) mass is 481 g/mol. The van der Waals surface area contributed by atoms with E-state index in [1.165, 1.54) is 22.5 Å². The van der Waals surface area contributed by atoms with Gasteiger partial charge < -0.3 is 14.4 Å². The third-order valence-corrected chi connectivity index (χ3v) is 7.43. The van der Waals surface area contributed by atoms with Gasteiger partial charge in [0, 0.05) is 31.7 Å². The topological polar surface area (TPSA) is 105 Å². The predicted octanol–water partition coefficient (Wildman–Crippen LogP) is 2.72. The second kappa shape index (κ2) is 12.2. The maximum Gasteiger partial charge on any atom is 0.304 e. The van der Waals surface area contributed by atoms with Crippen molar-refractivity contribution in [2.45, 2.75) is 58.3 Å². The van der Waals surface area contributed by atoms with E-state index >= 15 is 0 Å². The molecule has 2 heterocycles. The van der Waals surface area contributed by atoms with Crippen molar-refractivity contribution in [2.24, 2.45) is 0 Å². The van der Waals surface area contributed by atoms with E-state index in [1.807, 2.05) is 0 Å². The van der Waals surface area contributed by atoms with Gasteiger partial charge in [-0.3, -0.25) is 9.59 Å². The van der Waals surface area contributed by atoms with Crippen LogP contribution in [0.15, 0.2) is 18.2 Å². The van der Waals surface area contributed by atoms with Gasteiger partial charge in [0.1, 0.15) is 0 Å². The zero-order valence-corrected chi connectivity index (χ0v) is 20.2. The Labute approximate surface area is 196 Å². The molecule has 3 rings (SSSR count).